The smallest absolute Gasteiger partial charge is 0.157 e. The zero-order valence-electron chi connectivity index (χ0n) is 10.5. The lowest BCUT2D eigenvalue weighted by Gasteiger charge is -2.01. The van der Waals surface area contributed by atoms with Gasteiger partial charge >= 0.3 is 0 Å². The fraction of sp³-hybridized carbons (Fsp3) is 0. The molecule has 3 aromatic rings. The molecule has 20 heavy (non-hydrogen) atoms. The van der Waals surface area contributed by atoms with Crippen LogP contribution in [0.4, 0.5) is 5.69 Å². The van der Waals surface area contributed by atoms with Crippen molar-refractivity contribution >= 4 is 34.5 Å². The van der Waals surface area contributed by atoms with Crippen LogP contribution in [0.15, 0.2) is 59.7 Å². The number of hydrazone groups is 1. The van der Waals surface area contributed by atoms with Gasteiger partial charge in [0.15, 0.2) is 5.15 Å². The van der Waals surface area contributed by atoms with E-state index in [-0.39, 0.29) is 0 Å². The summed E-state index contributed by atoms with van der Waals surface area (Å²) in [4.78, 5) is 8.71. The van der Waals surface area contributed by atoms with Crippen molar-refractivity contribution < 1.29 is 0 Å². The molecule has 0 unspecified atom stereocenters. The summed E-state index contributed by atoms with van der Waals surface area (Å²) >= 11 is 6.09. The lowest BCUT2D eigenvalue weighted by Crippen LogP contribution is -1.96. The van der Waals surface area contributed by atoms with E-state index < -0.39 is 0 Å². The van der Waals surface area contributed by atoms with Crippen LogP contribution in [0.1, 0.15) is 5.69 Å². The van der Waals surface area contributed by atoms with Gasteiger partial charge in [-0.25, -0.2) is 9.97 Å². The quantitative estimate of drug-likeness (QED) is 0.588. The van der Waals surface area contributed by atoms with Crippen molar-refractivity contribution in [2.24, 2.45) is 5.10 Å². The molecular weight excluding hydrogens is 272 g/mol. The van der Waals surface area contributed by atoms with E-state index >= 15 is 0 Å². The summed E-state index contributed by atoms with van der Waals surface area (Å²) in [6.07, 6.45) is 1.56. The molecule has 0 saturated carbocycles. The Kier molecular flexibility index (Phi) is 3.56. The zero-order chi connectivity index (χ0) is 13.8. The molecule has 0 aliphatic heterocycles. The highest BCUT2D eigenvalue weighted by molar-refractivity contribution is 6.32. The minimum Gasteiger partial charge on any atom is -0.278 e. The fourth-order valence-electron chi connectivity index (χ4n) is 1.75. The van der Waals surface area contributed by atoms with Gasteiger partial charge in [0, 0.05) is 0 Å². The first-order valence-electron chi connectivity index (χ1n) is 6.09. The second-order valence-corrected chi connectivity index (χ2v) is 4.48. The van der Waals surface area contributed by atoms with Crippen molar-refractivity contribution in [1.29, 1.82) is 0 Å². The maximum atomic E-state index is 6.09. The number of aromatic nitrogens is 2. The first kappa shape index (κ1) is 12.6. The summed E-state index contributed by atoms with van der Waals surface area (Å²) in [6.45, 7) is 0. The number of fused-ring (bicyclic) bond motifs is 1. The molecule has 5 heteroatoms. The van der Waals surface area contributed by atoms with Crippen molar-refractivity contribution in [2.75, 3.05) is 5.43 Å². The van der Waals surface area contributed by atoms with Crippen molar-refractivity contribution in [2.45, 2.75) is 0 Å². The Morgan fingerprint density at radius 3 is 2.30 bits per heavy atom. The SMILES string of the molecule is Clc1nc2ccccc2nc1C=NNc1ccccc1. The highest BCUT2D eigenvalue weighted by Crippen LogP contribution is 2.15. The van der Waals surface area contributed by atoms with E-state index in [1.165, 1.54) is 0 Å². The largest absolute Gasteiger partial charge is 0.278 e. The van der Waals surface area contributed by atoms with Crippen LogP contribution in [0, 0.1) is 0 Å². The topological polar surface area (TPSA) is 50.2 Å². The predicted molar refractivity (Wildman–Crippen MR) is 82.2 cm³/mol. The van der Waals surface area contributed by atoms with Gasteiger partial charge in [0.2, 0.25) is 0 Å². The molecule has 3 rings (SSSR count). The number of hydrogen-bond acceptors (Lipinski definition) is 4. The average Bonchev–Trinajstić information content (AvgIpc) is 2.49. The van der Waals surface area contributed by atoms with Gasteiger partial charge in [-0.3, -0.25) is 5.43 Å². The Hall–Kier alpha value is -2.46. The third-order valence-electron chi connectivity index (χ3n) is 2.71. The molecule has 0 radical (unpaired) electrons. The molecule has 1 aromatic heterocycles. The maximum Gasteiger partial charge on any atom is 0.157 e. The summed E-state index contributed by atoms with van der Waals surface area (Å²) < 4.78 is 0. The molecule has 0 amide bonds. The average molecular weight is 283 g/mol. The molecule has 1 N–H and O–H groups in total. The van der Waals surface area contributed by atoms with E-state index in [1.807, 2.05) is 54.6 Å². The number of para-hydroxylation sites is 3. The number of hydrogen-bond donors (Lipinski definition) is 1. The Balaban J connectivity index is 1.85. The summed E-state index contributed by atoms with van der Waals surface area (Å²) in [5, 5.41) is 4.45. The van der Waals surface area contributed by atoms with Crippen LogP contribution in [-0.2, 0) is 0 Å². The third kappa shape index (κ3) is 2.75. The highest BCUT2D eigenvalue weighted by Gasteiger charge is 2.03. The van der Waals surface area contributed by atoms with E-state index in [0.29, 0.717) is 10.8 Å². The van der Waals surface area contributed by atoms with Gasteiger partial charge in [-0.05, 0) is 24.3 Å². The summed E-state index contributed by atoms with van der Waals surface area (Å²) in [7, 11) is 0. The summed E-state index contributed by atoms with van der Waals surface area (Å²) in [5.74, 6) is 0. The van der Waals surface area contributed by atoms with Gasteiger partial charge in [-0.1, -0.05) is 41.9 Å². The normalized spacial score (nSPS) is 11.1. The molecule has 0 aliphatic carbocycles. The van der Waals surface area contributed by atoms with Crippen molar-refractivity contribution in [1.82, 2.24) is 9.97 Å². The monoisotopic (exact) mass is 282 g/mol. The van der Waals surface area contributed by atoms with Crippen molar-refractivity contribution in [3.63, 3.8) is 0 Å². The number of benzene rings is 2. The van der Waals surface area contributed by atoms with Gasteiger partial charge in [0.25, 0.3) is 0 Å². The van der Waals surface area contributed by atoms with Crippen LogP contribution in [0.5, 0.6) is 0 Å². The molecule has 98 valence electrons. The maximum absolute atomic E-state index is 6.09. The Labute approximate surface area is 121 Å². The number of anilines is 1. The van der Waals surface area contributed by atoms with Gasteiger partial charge in [0.05, 0.1) is 22.9 Å². The van der Waals surface area contributed by atoms with Gasteiger partial charge in [0.1, 0.15) is 5.69 Å². The van der Waals surface area contributed by atoms with Gasteiger partial charge < -0.3 is 0 Å². The molecular formula is C15H11ClN4. The van der Waals surface area contributed by atoms with Crippen molar-refractivity contribution in [3.05, 3.63) is 65.4 Å². The molecule has 1 heterocycles. The second kappa shape index (κ2) is 5.67. The number of nitrogens with zero attached hydrogens (tertiary/aromatic N) is 3. The number of halogens is 1. The molecule has 0 fully saturated rings. The standard InChI is InChI=1S/C15H11ClN4/c16-15-14(10-17-20-11-6-2-1-3-7-11)18-12-8-4-5-9-13(12)19-15/h1-10,20H. The Morgan fingerprint density at radius 2 is 1.55 bits per heavy atom. The zero-order valence-corrected chi connectivity index (χ0v) is 11.2. The molecule has 0 bridgehead atoms. The Bertz CT molecular complexity index is 756. The molecule has 0 atom stereocenters. The minimum atomic E-state index is 0.335. The van der Waals surface area contributed by atoms with Crippen LogP contribution >= 0.6 is 11.6 Å². The molecule has 0 saturated heterocycles. The number of rotatable bonds is 3. The van der Waals surface area contributed by atoms with Crippen LogP contribution in [0.2, 0.25) is 5.15 Å². The summed E-state index contributed by atoms with van der Waals surface area (Å²) in [5.41, 5.74) is 5.90. The highest BCUT2D eigenvalue weighted by atomic mass is 35.5. The van der Waals surface area contributed by atoms with E-state index in [0.717, 1.165) is 16.7 Å². The van der Waals surface area contributed by atoms with Crippen LogP contribution < -0.4 is 5.43 Å². The molecule has 0 spiro atoms. The first-order valence-corrected chi connectivity index (χ1v) is 6.47. The first-order chi connectivity index (χ1) is 9.83. The molecule has 0 aliphatic rings. The van der Waals surface area contributed by atoms with Gasteiger partial charge in [-0.2, -0.15) is 5.10 Å². The predicted octanol–water partition coefficient (Wildman–Crippen LogP) is 3.73. The van der Waals surface area contributed by atoms with E-state index in [2.05, 4.69) is 20.5 Å². The van der Waals surface area contributed by atoms with Crippen LogP contribution in [0.25, 0.3) is 11.0 Å². The third-order valence-corrected chi connectivity index (χ3v) is 2.99. The lowest BCUT2D eigenvalue weighted by molar-refractivity contribution is 1.26. The van der Waals surface area contributed by atoms with E-state index in [1.54, 1.807) is 6.21 Å². The van der Waals surface area contributed by atoms with Crippen molar-refractivity contribution in [3.8, 4) is 0 Å². The lowest BCUT2D eigenvalue weighted by atomic mass is 10.3. The van der Waals surface area contributed by atoms with Crippen LogP contribution in [-0.4, -0.2) is 16.2 Å². The minimum absolute atomic E-state index is 0.335. The van der Waals surface area contributed by atoms with Crippen LogP contribution in [0.3, 0.4) is 0 Å². The van der Waals surface area contributed by atoms with Gasteiger partial charge in [-0.15, -0.1) is 0 Å². The van der Waals surface area contributed by atoms with E-state index in [9.17, 15) is 0 Å². The molecule has 4 nitrogen and oxygen atoms in total. The number of nitrogens with one attached hydrogen (secondary N) is 1. The Morgan fingerprint density at radius 1 is 0.900 bits per heavy atom. The second-order valence-electron chi connectivity index (χ2n) is 4.12. The molecule has 2 aromatic carbocycles. The fourth-order valence-corrected chi connectivity index (χ4v) is 1.94. The van der Waals surface area contributed by atoms with E-state index in [4.69, 9.17) is 11.6 Å². The summed E-state index contributed by atoms with van der Waals surface area (Å²) in [6, 6.07) is 17.2.